The summed E-state index contributed by atoms with van der Waals surface area (Å²) in [7, 11) is 0. The van der Waals surface area contributed by atoms with Gasteiger partial charge in [0, 0.05) is 6.07 Å². The minimum absolute atomic E-state index is 0.603. The van der Waals surface area contributed by atoms with Crippen LogP contribution in [0.2, 0.25) is 0 Å². The highest BCUT2D eigenvalue weighted by Crippen LogP contribution is 2.21. The molecule has 1 unspecified atom stereocenters. The second-order valence-electron chi connectivity index (χ2n) is 4.05. The number of aromatic nitrogens is 2. The van der Waals surface area contributed by atoms with Gasteiger partial charge in [0.1, 0.15) is 0 Å². The van der Waals surface area contributed by atoms with Crippen molar-refractivity contribution >= 4 is 0 Å². The van der Waals surface area contributed by atoms with Crippen molar-refractivity contribution in [1.82, 2.24) is 9.78 Å². The molecule has 0 spiro atoms. The second-order valence-corrected chi connectivity index (χ2v) is 4.05. The Morgan fingerprint density at radius 3 is 2.82 bits per heavy atom. The molecule has 1 aliphatic carbocycles. The number of aliphatic hydroxyl groups excluding tert-OH is 1. The molecule has 0 saturated heterocycles. The van der Waals surface area contributed by atoms with Gasteiger partial charge in [0.25, 0.3) is 5.56 Å². The van der Waals surface area contributed by atoms with Gasteiger partial charge < -0.3 is 5.11 Å². The number of rotatable bonds is 2. The molecule has 94 valence electrons. The van der Waals surface area contributed by atoms with Crippen molar-refractivity contribution < 1.29 is 18.3 Å². The molecule has 4 nitrogen and oxygen atoms in total. The van der Waals surface area contributed by atoms with Crippen LogP contribution < -0.4 is 5.56 Å². The molecule has 1 heterocycles. The van der Waals surface area contributed by atoms with Gasteiger partial charge in [-0.3, -0.25) is 4.79 Å². The standard InChI is InChI=1S/C10H11F3N2O2/c11-10(12,13)8(16)5-15-9(17)4-6-2-1-3-7(6)14-15/h4,8,16H,1-3,5H2. The fourth-order valence-electron chi connectivity index (χ4n) is 1.84. The molecule has 0 saturated carbocycles. The van der Waals surface area contributed by atoms with Gasteiger partial charge in [-0.05, 0) is 24.8 Å². The predicted molar refractivity (Wildman–Crippen MR) is 52.6 cm³/mol. The van der Waals surface area contributed by atoms with Gasteiger partial charge in [0.15, 0.2) is 6.10 Å². The number of halogens is 3. The monoisotopic (exact) mass is 248 g/mol. The topological polar surface area (TPSA) is 55.1 Å². The van der Waals surface area contributed by atoms with E-state index in [9.17, 15) is 18.0 Å². The first kappa shape index (κ1) is 12.1. The number of hydrogen-bond donors (Lipinski definition) is 1. The Labute approximate surface area is 94.7 Å². The van der Waals surface area contributed by atoms with E-state index < -0.39 is 24.4 Å². The first-order valence-electron chi connectivity index (χ1n) is 5.22. The highest BCUT2D eigenvalue weighted by molar-refractivity contribution is 5.22. The first-order valence-corrected chi connectivity index (χ1v) is 5.22. The predicted octanol–water partition coefficient (Wildman–Crippen LogP) is 0.655. The molecule has 17 heavy (non-hydrogen) atoms. The van der Waals surface area contributed by atoms with Gasteiger partial charge in [0.2, 0.25) is 0 Å². The molecule has 0 amide bonds. The van der Waals surface area contributed by atoms with E-state index in [4.69, 9.17) is 5.11 Å². The Bertz CT molecular complexity index is 481. The van der Waals surface area contributed by atoms with Crippen molar-refractivity contribution in [2.75, 3.05) is 0 Å². The summed E-state index contributed by atoms with van der Waals surface area (Å²) in [5.41, 5.74) is 0.848. The molecular formula is C10H11F3N2O2. The van der Waals surface area contributed by atoms with Crippen LogP contribution in [0.15, 0.2) is 10.9 Å². The van der Waals surface area contributed by atoms with E-state index in [0.29, 0.717) is 16.8 Å². The van der Waals surface area contributed by atoms with E-state index in [-0.39, 0.29) is 0 Å². The van der Waals surface area contributed by atoms with Crippen LogP contribution in [0.3, 0.4) is 0 Å². The summed E-state index contributed by atoms with van der Waals surface area (Å²) in [5, 5.41) is 12.7. The van der Waals surface area contributed by atoms with Crippen LogP contribution in [0.1, 0.15) is 17.7 Å². The number of aliphatic hydroxyl groups is 1. The number of nitrogens with zero attached hydrogens (tertiary/aromatic N) is 2. The van der Waals surface area contributed by atoms with E-state index >= 15 is 0 Å². The van der Waals surface area contributed by atoms with Crippen molar-refractivity contribution in [3.63, 3.8) is 0 Å². The van der Waals surface area contributed by atoms with Crippen molar-refractivity contribution in [3.05, 3.63) is 27.7 Å². The summed E-state index contributed by atoms with van der Waals surface area (Å²) in [6, 6.07) is 1.30. The van der Waals surface area contributed by atoms with Crippen LogP contribution in [0.4, 0.5) is 13.2 Å². The fourth-order valence-corrected chi connectivity index (χ4v) is 1.84. The minimum Gasteiger partial charge on any atom is -0.382 e. The van der Waals surface area contributed by atoms with E-state index in [1.165, 1.54) is 6.07 Å². The molecule has 1 N–H and O–H groups in total. The maximum atomic E-state index is 12.1. The van der Waals surface area contributed by atoms with Crippen molar-refractivity contribution in [3.8, 4) is 0 Å². The van der Waals surface area contributed by atoms with E-state index in [1.807, 2.05) is 0 Å². The summed E-state index contributed by atoms with van der Waals surface area (Å²) in [6.45, 7) is -0.852. The smallest absolute Gasteiger partial charge is 0.382 e. The Balaban J connectivity index is 2.25. The maximum absolute atomic E-state index is 12.1. The van der Waals surface area contributed by atoms with Crippen molar-refractivity contribution in [2.24, 2.45) is 0 Å². The lowest BCUT2D eigenvalue weighted by Crippen LogP contribution is -2.37. The third-order valence-electron chi connectivity index (χ3n) is 2.75. The normalized spacial score (nSPS) is 16.9. The SMILES string of the molecule is O=c1cc2c(nn1CC(O)C(F)(F)F)CCC2. The molecule has 0 radical (unpaired) electrons. The summed E-state index contributed by atoms with van der Waals surface area (Å²) >= 11 is 0. The van der Waals surface area contributed by atoms with E-state index in [1.54, 1.807) is 0 Å². The molecule has 0 aromatic carbocycles. The van der Waals surface area contributed by atoms with Gasteiger partial charge in [-0.15, -0.1) is 0 Å². The third kappa shape index (κ3) is 2.49. The Morgan fingerprint density at radius 1 is 1.47 bits per heavy atom. The fraction of sp³-hybridized carbons (Fsp3) is 0.600. The Hall–Kier alpha value is -1.37. The summed E-state index contributed by atoms with van der Waals surface area (Å²) in [6.07, 6.45) is -5.04. The number of alkyl halides is 3. The Kier molecular flexibility index (Phi) is 2.94. The molecular weight excluding hydrogens is 237 g/mol. The highest BCUT2D eigenvalue weighted by atomic mass is 19.4. The van der Waals surface area contributed by atoms with E-state index in [2.05, 4.69) is 5.10 Å². The van der Waals surface area contributed by atoms with Gasteiger partial charge in [0.05, 0.1) is 12.2 Å². The third-order valence-corrected chi connectivity index (χ3v) is 2.75. The molecule has 0 bridgehead atoms. The van der Waals surface area contributed by atoms with Crippen LogP contribution in [-0.4, -0.2) is 27.2 Å². The van der Waals surface area contributed by atoms with Gasteiger partial charge in [-0.2, -0.15) is 18.3 Å². The number of hydrogen-bond acceptors (Lipinski definition) is 3. The second kappa shape index (κ2) is 4.14. The molecule has 2 rings (SSSR count). The average Bonchev–Trinajstić information content (AvgIpc) is 2.63. The zero-order valence-electron chi connectivity index (χ0n) is 8.87. The molecule has 1 aromatic rings. The van der Waals surface area contributed by atoms with Crippen LogP contribution in [0.5, 0.6) is 0 Å². The van der Waals surface area contributed by atoms with Crippen LogP contribution in [0.25, 0.3) is 0 Å². The lowest BCUT2D eigenvalue weighted by Gasteiger charge is -2.15. The van der Waals surface area contributed by atoms with Crippen LogP contribution >= 0.6 is 0 Å². The maximum Gasteiger partial charge on any atom is 0.416 e. The van der Waals surface area contributed by atoms with Crippen LogP contribution in [-0.2, 0) is 19.4 Å². The molecule has 1 aromatic heterocycles. The zero-order chi connectivity index (χ0) is 12.6. The highest BCUT2D eigenvalue weighted by Gasteiger charge is 2.38. The summed E-state index contributed by atoms with van der Waals surface area (Å²) in [5.74, 6) is 0. The van der Waals surface area contributed by atoms with Crippen LogP contribution in [0, 0.1) is 0 Å². The molecule has 1 aliphatic rings. The van der Waals surface area contributed by atoms with E-state index in [0.717, 1.165) is 18.4 Å². The largest absolute Gasteiger partial charge is 0.416 e. The Morgan fingerprint density at radius 2 is 2.18 bits per heavy atom. The van der Waals surface area contributed by atoms with Crippen molar-refractivity contribution in [1.29, 1.82) is 0 Å². The van der Waals surface area contributed by atoms with Gasteiger partial charge >= 0.3 is 6.18 Å². The first-order chi connectivity index (χ1) is 7.88. The average molecular weight is 248 g/mol. The zero-order valence-corrected chi connectivity index (χ0v) is 8.87. The lowest BCUT2D eigenvalue weighted by molar-refractivity contribution is -0.208. The molecule has 0 fully saturated rings. The molecule has 1 atom stereocenters. The lowest BCUT2D eigenvalue weighted by atomic mass is 10.2. The van der Waals surface area contributed by atoms with Gasteiger partial charge in [-0.25, -0.2) is 4.68 Å². The van der Waals surface area contributed by atoms with Gasteiger partial charge in [-0.1, -0.05) is 0 Å². The molecule has 7 heteroatoms. The quantitative estimate of drug-likeness (QED) is 0.836. The minimum atomic E-state index is -4.74. The number of aryl methyl sites for hydroxylation is 2. The summed E-state index contributed by atoms with van der Waals surface area (Å²) < 4.78 is 37.1. The summed E-state index contributed by atoms with van der Waals surface area (Å²) in [4.78, 5) is 11.5. The molecule has 0 aliphatic heterocycles. The number of fused-ring (bicyclic) bond motifs is 1. The van der Waals surface area contributed by atoms with Crippen molar-refractivity contribution in [2.45, 2.75) is 38.1 Å².